The number of hydrogen-bond donors (Lipinski definition) is 3. The predicted molar refractivity (Wildman–Crippen MR) is 102 cm³/mol. The average molecular weight is 397 g/mol. The normalized spacial score (nSPS) is 11.4. The van der Waals surface area contributed by atoms with Gasteiger partial charge in [-0.15, -0.1) is 0 Å². The zero-order chi connectivity index (χ0) is 20.0. The van der Waals surface area contributed by atoms with Crippen LogP contribution in [0.2, 0.25) is 0 Å². The monoisotopic (exact) mass is 397 g/mol. The number of nitrogens with one attached hydrogen (secondary N) is 2. The van der Waals surface area contributed by atoms with E-state index in [9.17, 15) is 22.0 Å². The molecule has 0 unspecified atom stereocenters. The van der Waals surface area contributed by atoms with Crippen LogP contribution in [0.3, 0.4) is 0 Å². The van der Waals surface area contributed by atoms with Crippen molar-refractivity contribution in [3.63, 3.8) is 0 Å². The van der Waals surface area contributed by atoms with Crippen LogP contribution in [-0.4, -0.2) is 26.6 Å². The number of rotatable bonds is 8. The van der Waals surface area contributed by atoms with Crippen molar-refractivity contribution in [2.75, 3.05) is 22.9 Å². The molecule has 27 heavy (non-hydrogen) atoms. The molecule has 6 nitrogen and oxygen atoms in total. The van der Waals surface area contributed by atoms with Gasteiger partial charge in [-0.3, -0.25) is 4.79 Å². The summed E-state index contributed by atoms with van der Waals surface area (Å²) in [5.41, 5.74) is 7.80. The largest absolute Gasteiger partial charge is 0.399 e. The van der Waals surface area contributed by atoms with Crippen LogP contribution in [0.5, 0.6) is 0 Å². The fourth-order valence-corrected chi connectivity index (χ4v) is 3.22. The van der Waals surface area contributed by atoms with Gasteiger partial charge in [0.05, 0.1) is 16.3 Å². The van der Waals surface area contributed by atoms with E-state index < -0.39 is 20.5 Å². The molecule has 0 atom stereocenters. The van der Waals surface area contributed by atoms with Crippen molar-refractivity contribution in [3.8, 4) is 0 Å². The highest BCUT2D eigenvalue weighted by Crippen LogP contribution is 2.28. The molecule has 0 heterocycles. The first-order valence-corrected chi connectivity index (χ1v) is 9.83. The minimum Gasteiger partial charge on any atom is -0.399 e. The van der Waals surface area contributed by atoms with Crippen LogP contribution in [0.25, 0.3) is 0 Å². The molecule has 1 amide bonds. The van der Waals surface area contributed by atoms with Crippen molar-refractivity contribution in [1.29, 1.82) is 0 Å². The Morgan fingerprint density at radius 3 is 2.48 bits per heavy atom. The Hall–Kier alpha value is -2.68. The van der Waals surface area contributed by atoms with Gasteiger partial charge in [-0.2, -0.15) is 8.78 Å². The zero-order valence-electron chi connectivity index (χ0n) is 14.7. The number of para-hydroxylation sites is 1. The van der Waals surface area contributed by atoms with Crippen LogP contribution in [-0.2, 0) is 21.1 Å². The Kier molecular flexibility index (Phi) is 6.73. The number of nitrogen functional groups attached to an aromatic ring is 1. The number of nitrogens with two attached hydrogens (primary N) is 1. The van der Waals surface area contributed by atoms with Gasteiger partial charge in [0.1, 0.15) is 0 Å². The van der Waals surface area contributed by atoms with Gasteiger partial charge in [0, 0.05) is 18.7 Å². The highest BCUT2D eigenvalue weighted by atomic mass is 32.2. The van der Waals surface area contributed by atoms with E-state index in [-0.39, 0.29) is 18.0 Å². The molecule has 0 saturated carbocycles. The van der Waals surface area contributed by atoms with Gasteiger partial charge < -0.3 is 16.4 Å². The summed E-state index contributed by atoms with van der Waals surface area (Å²) < 4.78 is 48.9. The molecule has 0 bridgehead atoms. The Balaban J connectivity index is 2.19. The number of hydrogen-bond acceptors (Lipinski definition) is 5. The number of amides is 1. The molecule has 146 valence electrons. The maximum absolute atomic E-state index is 12.8. The first-order valence-electron chi connectivity index (χ1n) is 8.29. The summed E-state index contributed by atoms with van der Waals surface area (Å²) >= 11 is 0. The third-order valence-electron chi connectivity index (χ3n) is 3.87. The van der Waals surface area contributed by atoms with E-state index in [1.165, 1.54) is 6.07 Å². The van der Waals surface area contributed by atoms with Crippen molar-refractivity contribution in [1.82, 2.24) is 0 Å². The van der Waals surface area contributed by atoms with Gasteiger partial charge in [0.15, 0.2) is 0 Å². The molecule has 0 fully saturated rings. The second-order valence-corrected chi connectivity index (χ2v) is 7.71. The van der Waals surface area contributed by atoms with Crippen LogP contribution < -0.4 is 16.4 Å². The number of anilines is 3. The lowest BCUT2D eigenvalue weighted by Gasteiger charge is -2.14. The van der Waals surface area contributed by atoms with Crippen molar-refractivity contribution >= 4 is 32.8 Å². The van der Waals surface area contributed by atoms with E-state index >= 15 is 0 Å². The van der Waals surface area contributed by atoms with Crippen molar-refractivity contribution < 1.29 is 22.0 Å². The maximum Gasteiger partial charge on any atom is 0.341 e. The van der Waals surface area contributed by atoms with Gasteiger partial charge in [0.2, 0.25) is 15.7 Å². The number of aryl methyl sites for hydroxylation is 1. The lowest BCUT2D eigenvalue weighted by Crippen LogP contribution is -2.16. The Bertz CT molecular complexity index is 918. The predicted octanol–water partition coefficient (Wildman–Crippen LogP) is 3.27. The molecular weight excluding hydrogens is 376 g/mol. The topological polar surface area (TPSA) is 101 Å². The molecule has 0 aliphatic carbocycles. The Labute approximate surface area is 156 Å². The SMILES string of the molecule is CCNc1ccc(S(=O)(=O)C(F)F)cc1NC(=O)CCc1ccccc1N. The van der Waals surface area contributed by atoms with Gasteiger partial charge >= 0.3 is 5.76 Å². The molecule has 2 rings (SSSR count). The zero-order valence-corrected chi connectivity index (χ0v) is 15.5. The van der Waals surface area contributed by atoms with Crippen molar-refractivity contribution in [2.24, 2.45) is 0 Å². The first kappa shape index (κ1) is 20.6. The lowest BCUT2D eigenvalue weighted by molar-refractivity contribution is -0.116. The summed E-state index contributed by atoms with van der Waals surface area (Å²) in [6, 6.07) is 10.6. The summed E-state index contributed by atoms with van der Waals surface area (Å²) in [7, 11) is -4.76. The number of carbonyl (C=O) groups is 1. The summed E-state index contributed by atoms with van der Waals surface area (Å²) in [6.45, 7) is 2.32. The van der Waals surface area contributed by atoms with E-state index in [0.29, 0.717) is 24.3 Å². The maximum atomic E-state index is 12.8. The van der Waals surface area contributed by atoms with E-state index in [1.54, 1.807) is 12.1 Å². The molecule has 0 aliphatic rings. The molecule has 2 aromatic carbocycles. The molecule has 2 aromatic rings. The molecule has 0 radical (unpaired) electrons. The fourth-order valence-electron chi connectivity index (χ4n) is 2.47. The first-order chi connectivity index (χ1) is 12.8. The third-order valence-corrected chi connectivity index (χ3v) is 5.25. The molecular formula is C18H21F2N3O3S. The van der Waals surface area contributed by atoms with E-state index in [4.69, 9.17) is 5.73 Å². The second-order valence-electron chi connectivity index (χ2n) is 5.79. The molecule has 0 saturated heterocycles. The molecule has 0 aliphatic heterocycles. The third kappa shape index (κ3) is 5.16. The number of halogens is 2. The number of benzene rings is 2. The minimum absolute atomic E-state index is 0.103. The molecule has 0 aromatic heterocycles. The van der Waals surface area contributed by atoms with E-state index in [2.05, 4.69) is 10.6 Å². The molecule has 9 heteroatoms. The van der Waals surface area contributed by atoms with Crippen LogP contribution in [0, 0.1) is 0 Å². The van der Waals surface area contributed by atoms with Gasteiger partial charge in [-0.25, -0.2) is 8.42 Å². The second kappa shape index (κ2) is 8.81. The smallest absolute Gasteiger partial charge is 0.341 e. The quantitative estimate of drug-likeness (QED) is 0.594. The van der Waals surface area contributed by atoms with E-state index in [1.807, 2.05) is 19.1 Å². The van der Waals surface area contributed by atoms with Crippen LogP contribution in [0.1, 0.15) is 18.9 Å². The summed E-state index contributed by atoms with van der Waals surface area (Å²) in [4.78, 5) is 11.7. The summed E-state index contributed by atoms with van der Waals surface area (Å²) in [6.07, 6.45) is 0.496. The average Bonchev–Trinajstić information content (AvgIpc) is 2.62. The minimum atomic E-state index is -4.76. The Morgan fingerprint density at radius 1 is 1.15 bits per heavy atom. The van der Waals surface area contributed by atoms with Gasteiger partial charge in [0.25, 0.3) is 0 Å². The van der Waals surface area contributed by atoms with Crippen LogP contribution in [0.4, 0.5) is 25.8 Å². The number of carbonyl (C=O) groups excluding carboxylic acids is 1. The van der Waals surface area contributed by atoms with Gasteiger partial charge in [-0.05, 0) is 43.2 Å². The van der Waals surface area contributed by atoms with E-state index in [0.717, 1.165) is 17.7 Å². The van der Waals surface area contributed by atoms with Crippen LogP contribution in [0.15, 0.2) is 47.4 Å². The fraction of sp³-hybridized carbons (Fsp3) is 0.278. The number of sulfone groups is 1. The standard InChI is InChI=1S/C18H21F2N3O3S/c1-2-22-15-9-8-13(27(25,26)18(19)20)11-16(15)23-17(24)10-7-12-5-3-4-6-14(12)21/h3-6,8-9,11,18,22H,2,7,10,21H2,1H3,(H,23,24). The van der Waals surface area contributed by atoms with Crippen molar-refractivity contribution in [2.45, 2.75) is 30.4 Å². The van der Waals surface area contributed by atoms with Gasteiger partial charge in [-0.1, -0.05) is 18.2 Å². The summed E-state index contributed by atoms with van der Waals surface area (Å²) in [5, 5.41) is 5.54. The Morgan fingerprint density at radius 2 is 1.85 bits per heavy atom. The highest BCUT2D eigenvalue weighted by Gasteiger charge is 2.27. The van der Waals surface area contributed by atoms with Crippen LogP contribution >= 0.6 is 0 Å². The summed E-state index contributed by atoms with van der Waals surface area (Å²) in [5.74, 6) is -3.92. The highest BCUT2D eigenvalue weighted by molar-refractivity contribution is 7.91. The lowest BCUT2D eigenvalue weighted by atomic mass is 10.1. The molecule has 4 N–H and O–H groups in total. The molecule has 0 spiro atoms. The number of alkyl halides is 2. The van der Waals surface area contributed by atoms with Crippen molar-refractivity contribution in [3.05, 3.63) is 48.0 Å².